The van der Waals surface area contributed by atoms with E-state index in [0.29, 0.717) is 11.5 Å². The number of hydrogen-bond donors (Lipinski definition) is 1. The van der Waals surface area contributed by atoms with Gasteiger partial charge in [0, 0.05) is 3.57 Å². The first kappa shape index (κ1) is 13.0. The molecule has 1 aliphatic carbocycles. The van der Waals surface area contributed by atoms with E-state index in [2.05, 4.69) is 36.4 Å². The highest BCUT2D eigenvalue weighted by Crippen LogP contribution is 2.37. The number of nitrogen functional groups attached to an aromatic ring is 1. The SMILES string of the molecule is CC1(C)CCC(Oc2ccc(I)cc2N)CC1. The summed E-state index contributed by atoms with van der Waals surface area (Å²) in [6, 6.07) is 5.98. The number of anilines is 1. The minimum absolute atomic E-state index is 0.338. The summed E-state index contributed by atoms with van der Waals surface area (Å²) < 4.78 is 7.16. The van der Waals surface area contributed by atoms with E-state index >= 15 is 0 Å². The van der Waals surface area contributed by atoms with E-state index in [9.17, 15) is 0 Å². The van der Waals surface area contributed by atoms with Crippen molar-refractivity contribution in [3.63, 3.8) is 0 Å². The zero-order valence-corrected chi connectivity index (χ0v) is 12.7. The number of halogens is 1. The van der Waals surface area contributed by atoms with E-state index < -0.39 is 0 Å². The molecule has 0 aromatic heterocycles. The summed E-state index contributed by atoms with van der Waals surface area (Å²) in [4.78, 5) is 0. The van der Waals surface area contributed by atoms with Gasteiger partial charge in [0.15, 0.2) is 0 Å². The van der Waals surface area contributed by atoms with Crippen molar-refractivity contribution in [3.05, 3.63) is 21.8 Å². The maximum Gasteiger partial charge on any atom is 0.142 e. The Bertz CT molecular complexity index is 393. The van der Waals surface area contributed by atoms with Gasteiger partial charge in [0.2, 0.25) is 0 Å². The van der Waals surface area contributed by atoms with Crippen molar-refractivity contribution < 1.29 is 4.74 Å². The van der Waals surface area contributed by atoms with Crippen molar-refractivity contribution >= 4 is 28.3 Å². The van der Waals surface area contributed by atoms with Crippen molar-refractivity contribution in [2.75, 3.05) is 5.73 Å². The van der Waals surface area contributed by atoms with E-state index in [4.69, 9.17) is 10.5 Å². The van der Waals surface area contributed by atoms with Crippen molar-refractivity contribution in [2.24, 2.45) is 5.41 Å². The van der Waals surface area contributed by atoms with Gasteiger partial charge in [-0.05, 0) is 71.9 Å². The highest BCUT2D eigenvalue weighted by Gasteiger charge is 2.27. The van der Waals surface area contributed by atoms with E-state index in [-0.39, 0.29) is 0 Å². The highest BCUT2D eigenvalue weighted by atomic mass is 127. The first-order chi connectivity index (χ1) is 7.96. The zero-order chi connectivity index (χ0) is 12.5. The molecule has 0 saturated heterocycles. The van der Waals surface area contributed by atoms with Crippen molar-refractivity contribution in [1.29, 1.82) is 0 Å². The predicted molar refractivity (Wildman–Crippen MR) is 80.2 cm³/mol. The second kappa shape index (κ2) is 5.04. The summed E-state index contributed by atoms with van der Waals surface area (Å²) in [6.45, 7) is 4.67. The lowest BCUT2D eigenvalue weighted by Crippen LogP contribution is -2.28. The molecule has 2 N–H and O–H groups in total. The molecule has 0 radical (unpaired) electrons. The van der Waals surface area contributed by atoms with Crippen LogP contribution in [0.25, 0.3) is 0 Å². The number of ether oxygens (including phenoxy) is 1. The van der Waals surface area contributed by atoms with Gasteiger partial charge in [0.1, 0.15) is 5.75 Å². The molecular weight excluding hydrogens is 325 g/mol. The molecule has 0 bridgehead atoms. The summed E-state index contributed by atoms with van der Waals surface area (Å²) in [7, 11) is 0. The van der Waals surface area contributed by atoms with Gasteiger partial charge in [0.05, 0.1) is 11.8 Å². The average Bonchev–Trinajstić information content (AvgIpc) is 2.25. The van der Waals surface area contributed by atoms with Gasteiger partial charge in [-0.15, -0.1) is 0 Å². The molecule has 0 amide bonds. The van der Waals surface area contributed by atoms with Gasteiger partial charge in [-0.25, -0.2) is 0 Å². The monoisotopic (exact) mass is 345 g/mol. The number of rotatable bonds is 2. The number of hydrogen-bond acceptors (Lipinski definition) is 2. The van der Waals surface area contributed by atoms with Gasteiger partial charge in [0.25, 0.3) is 0 Å². The Kier molecular flexibility index (Phi) is 3.85. The van der Waals surface area contributed by atoms with Gasteiger partial charge < -0.3 is 10.5 Å². The third-order valence-electron chi connectivity index (χ3n) is 3.55. The maximum atomic E-state index is 6.01. The van der Waals surface area contributed by atoms with E-state index in [1.165, 1.54) is 12.8 Å². The number of benzene rings is 1. The van der Waals surface area contributed by atoms with Crippen LogP contribution in [0.1, 0.15) is 39.5 Å². The molecule has 0 spiro atoms. The molecular formula is C14H20INO. The minimum atomic E-state index is 0.338. The third-order valence-corrected chi connectivity index (χ3v) is 4.22. The standard InChI is InChI=1S/C14H20INO/c1-14(2)7-5-11(6-8-14)17-13-4-3-10(15)9-12(13)16/h3-4,9,11H,5-8,16H2,1-2H3. The molecule has 1 fully saturated rings. The number of nitrogens with two attached hydrogens (primary N) is 1. The minimum Gasteiger partial charge on any atom is -0.488 e. The van der Waals surface area contributed by atoms with Crippen LogP contribution in [0, 0.1) is 8.99 Å². The van der Waals surface area contributed by atoms with Crippen molar-refractivity contribution in [1.82, 2.24) is 0 Å². The van der Waals surface area contributed by atoms with Crippen LogP contribution in [0.4, 0.5) is 5.69 Å². The Balaban J connectivity index is 1.98. The quantitative estimate of drug-likeness (QED) is 0.643. The Morgan fingerprint density at radius 3 is 2.53 bits per heavy atom. The first-order valence-electron chi connectivity index (χ1n) is 6.18. The lowest BCUT2D eigenvalue weighted by Gasteiger charge is -2.34. The summed E-state index contributed by atoms with van der Waals surface area (Å²) in [6.07, 6.45) is 5.09. The topological polar surface area (TPSA) is 35.2 Å². The lowest BCUT2D eigenvalue weighted by atomic mass is 9.76. The summed E-state index contributed by atoms with van der Waals surface area (Å²) in [5.41, 5.74) is 7.20. The van der Waals surface area contributed by atoms with Crippen LogP contribution in [-0.4, -0.2) is 6.10 Å². The molecule has 1 aliphatic rings. The van der Waals surface area contributed by atoms with Crippen LogP contribution in [0.2, 0.25) is 0 Å². The fraction of sp³-hybridized carbons (Fsp3) is 0.571. The smallest absolute Gasteiger partial charge is 0.142 e. The maximum absolute atomic E-state index is 6.01. The van der Waals surface area contributed by atoms with Gasteiger partial charge in [-0.1, -0.05) is 13.8 Å². The lowest BCUT2D eigenvalue weighted by molar-refractivity contribution is 0.0994. The molecule has 0 heterocycles. The van der Waals surface area contributed by atoms with Crippen LogP contribution < -0.4 is 10.5 Å². The van der Waals surface area contributed by atoms with E-state index in [1.807, 2.05) is 18.2 Å². The summed E-state index contributed by atoms with van der Waals surface area (Å²) >= 11 is 2.26. The highest BCUT2D eigenvalue weighted by molar-refractivity contribution is 14.1. The van der Waals surface area contributed by atoms with Crippen LogP contribution >= 0.6 is 22.6 Å². The predicted octanol–water partition coefficient (Wildman–Crippen LogP) is 4.22. The largest absolute Gasteiger partial charge is 0.488 e. The van der Waals surface area contributed by atoms with E-state index in [0.717, 1.165) is 27.8 Å². The fourth-order valence-corrected chi connectivity index (χ4v) is 2.81. The third kappa shape index (κ3) is 3.50. The molecule has 1 saturated carbocycles. The molecule has 0 aliphatic heterocycles. The summed E-state index contributed by atoms with van der Waals surface area (Å²) in [5, 5.41) is 0. The molecule has 2 rings (SSSR count). The molecule has 94 valence electrons. The van der Waals surface area contributed by atoms with Crippen LogP contribution in [0.15, 0.2) is 18.2 Å². The zero-order valence-electron chi connectivity index (χ0n) is 10.5. The molecule has 0 unspecified atom stereocenters. The molecule has 1 aromatic carbocycles. The normalized spacial score (nSPS) is 20.2. The van der Waals surface area contributed by atoms with Crippen molar-refractivity contribution in [3.8, 4) is 5.75 Å². The molecule has 2 nitrogen and oxygen atoms in total. The average molecular weight is 345 g/mol. The molecule has 0 atom stereocenters. The Labute approximate surface area is 117 Å². The van der Waals surface area contributed by atoms with Crippen LogP contribution in [-0.2, 0) is 0 Å². The van der Waals surface area contributed by atoms with Crippen LogP contribution in [0.5, 0.6) is 5.75 Å². The molecule has 3 heteroatoms. The van der Waals surface area contributed by atoms with Crippen molar-refractivity contribution in [2.45, 2.75) is 45.6 Å². The summed E-state index contributed by atoms with van der Waals surface area (Å²) in [5.74, 6) is 0.843. The fourth-order valence-electron chi connectivity index (χ4n) is 2.30. The van der Waals surface area contributed by atoms with Gasteiger partial charge in [-0.2, -0.15) is 0 Å². The van der Waals surface area contributed by atoms with E-state index in [1.54, 1.807) is 0 Å². The second-order valence-electron chi connectivity index (χ2n) is 5.66. The Morgan fingerprint density at radius 2 is 1.94 bits per heavy atom. The Morgan fingerprint density at radius 1 is 1.29 bits per heavy atom. The van der Waals surface area contributed by atoms with Crippen LogP contribution in [0.3, 0.4) is 0 Å². The Hall–Kier alpha value is -0.450. The first-order valence-corrected chi connectivity index (χ1v) is 7.26. The van der Waals surface area contributed by atoms with Gasteiger partial charge in [-0.3, -0.25) is 0 Å². The second-order valence-corrected chi connectivity index (χ2v) is 6.91. The molecule has 17 heavy (non-hydrogen) atoms. The molecule has 1 aromatic rings. The van der Waals surface area contributed by atoms with Gasteiger partial charge >= 0.3 is 0 Å².